The van der Waals surface area contributed by atoms with Crippen molar-refractivity contribution in [2.75, 3.05) is 20.3 Å². The van der Waals surface area contributed by atoms with Gasteiger partial charge in [0.25, 0.3) is 0 Å². The summed E-state index contributed by atoms with van der Waals surface area (Å²) < 4.78 is 7.09. The van der Waals surface area contributed by atoms with E-state index in [0.29, 0.717) is 13.2 Å². The quantitative estimate of drug-likeness (QED) is 0.169. The van der Waals surface area contributed by atoms with Gasteiger partial charge in [-0.1, -0.05) is 182 Å². The van der Waals surface area contributed by atoms with E-state index in [9.17, 15) is 0 Å². The monoisotopic (exact) mass is 562 g/mol. The van der Waals surface area contributed by atoms with Gasteiger partial charge in [0.2, 0.25) is 0 Å². The Morgan fingerprint density at radius 3 is 0.651 bits per heavy atom. The molecule has 0 aliphatic heterocycles. The molecule has 0 heterocycles. The zero-order valence-electron chi connectivity index (χ0n) is 24.6. The van der Waals surface area contributed by atoms with Crippen molar-refractivity contribution >= 4 is 0 Å². The molecule has 6 aromatic rings. The molecule has 0 aromatic heterocycles. The molecule has 0 bridgehead atoms. The molecule has 0 saturated carbocycles. The SMILES string of the molecule is CO.c1ccc(C(COCC(c2ccccc2)(c2ccccc2)c2ccccc2)(c2ccccc2)c2ccccc2)cc1. The molecule has 0 radical (unpaired) electrons. The Morgan fingerprint density at radius 2 is 0.488 bits per heavy atom. The van der Waals surface area contributed by atoms with E-state index in [0.717, 1.165) is 7.11 Å². The van der Waals surface area contributed by atoms with Crippen LogP contribution in [0.25, 0.3) is 0 Å². The average molecular weight is 563 g/mol. The third-order valence-corrected chi connectivity index (χ3v) is 8.24. The van der Waals surface area contributed by atoms with Crippen LogP contribution in [0, 0.1) is 0 Å². The molecular weight excluding hydrogens is 524 g/mol. The topological polar surface area (TPSA) is 29.5 Å². The van der Waals surface area contributed by atoms with Crippen molar-refractivity contribution in [1.82, 2.24) is 0 Å². The summed E-state index contributed by atoms with van der Waals surface area (Å²) in [6.45, 7) is 0.971. The third kappa shape index (κ3) is 6.08. The predicted molar refractivity (Wildman–Crippen MR) is 177 cm³/mol. The molecule has 0 fully saturated rings. The van der Waals surface area contributed by atoms with Crippen molar-refractivity contribution in [3.8, 4) is 0 Å². The first-order chi connectivity index (χ1) is 21.3. The fourth-order valence-electron chi connectivity index (χ4n) is 6.19. The fourth-order valence-corrected chi connectivity index (χ4v) is 6.19. The van der Waals surface area contributed by atoms with Crippen molar-refractivity contribution in [3.63, 3.8) is 0 Å². The van der Waals surface area contributed by atoms with Crippen LogP contribution in [0.4, 0.5) is 0 Å². The lowest BCUT2D eigenvalue weighted by molar-refractivity contribution is 0.0844. The Balaban J connectivity index is 0.00000180. The number of aliphatic hydroxyl groups excluding tert-OH is 1. The minimum Gasteiger partial charge on any atom is -0.400 e. The highest BCUT2D eigenvalue weighted by atomic mass is 16.5. The summed E-state index contributed by atoms with van der Waals surface area (Å²) >= 11 is 0. The molecule has 43 heavy (non-hydrogen) atoms. The highest BCUT2D eigenvalue weighted by Gasteiger charge is 2.40. The Hall–Kier alpha value is -4.76. The summed E-state index contributed by atoms with van der Waals surface area (Å²) in [5.74, 6) is 0. The molecule has 0 atom stereocenters. The minimum absolute atomic E-state index is 0.485. The smallest absolute Gasteiger partial charge is 0.0685 e. The molecule has 0 unspecified atom stereocenters. The summed E-state index contributed by atoms with van der Waals surface area (Å²) in [6, 6.07) is 64.6. The standard InChI is InChI=1S/C40H34O.CH4O/c1-7-19-33(20-8-1)39(34-21-9-2-10-22-34,35-23-11-3-12-24-35)31-41-32-40(36-25-13-4-14-26-36,37-27-15-5-16-28-37)38-29-17-6-18-30-38;1-2/h1-30H,31-32H2;2H,1H3. The Labute approximate surface area is 255 Å². The maximum atomic E-state index is 7.09. The van der Waals surface area contributed by atoms with Crippen LogP contribution in [0.5, 0.6) is 0 Å². The van der Waals surface area contributed by atoms with Gasteiger partial charge in [-0.15, -0.1) is 0 Å². The Kier molecular flexibility index (Phi) is 9.97. The molecule has 1 N–H and O–H groups in total. The summed E-state index contributed by atoms with van der Waals surface area (Å²) in [4.78, 5) is 0. The Morgan fingerprint density at radius 1 is 0.326 bits per heavy atom. The van der Waals surface area contributed by atoms with Gasteiger partial charge in [-0.3, -0.25) is 0 Å². The van der Waals surface area contributed by atoms with Gasteiger partial charge in [-0.25, -0.2) is 0 Å². The summed E-state index contributed by atoms with van der Waals surface area (Å²) in [6.07, 6.45) is 0. The minimum atomic E-state index is -0.487. The van der Waals surface area contributed by atoms with Crippen LogP contribution in [0.1, 0.15) is 33.4 Å². The van der Waals surface area contributed by atoms with E-state index in [2.05, 4.69) is 182 Å². The maximum Gasteiger partial charge on any atom is 0.0685 e. The fraction of sp³-hybridized carbons (Fsp3) is 0.122. The predicted octanol–water partition coefficient (Wildman–Crippen LogP) is 8.68. The number of hydrogen-bond acceptors (Lipinski definition) is 2. The molecule has 2 nitrogen and oxygen atoms in total. The number of benzene rings is 6. The average Bonchev–Trinajstić information content (AvgIpc) is 3.12. The van der Waals surface area contributed by atoms with Gasteiger partial charge < -0.3 is 9.84 Å². The van der Waals surface area contributed by atoms with E-state index in [1.165, 1.54) is 33.4 Å². The number of ether oxygens (including phenoxy) is 1. The normalized spacial score (nSPS) is 11.3. The zero-order chi connectivity index (χ0) is 29.8. The molecule has 2 heteroatoms. The highest BCUT2D eigenvalue weighted by molar-refractivity contribution is 5.52. The van der Waals surface area contributed by atoms with Crippen LogP contribution in [0.15, 0.2) is 182 Å². The molecule has 0 aliphatic carbocycles. The molecule has 0 spiro atoms. The third-order valence-electron chi connectivity index (χ3n) is 8.24. The van der Waals surface area contributed by atoms with Crippen LogP contribution in [0.2, 0.25) is 0 Å². The van der Waals surface area contributed by atoms with E-state index in [-0.39, 0.29) is 0 Å². The lowest BCUT2D eigenvalue weighted by Crippen LogP contribution is -2.40. The summed E-state index contributed by atoms with van der Waals surface area (Å²) in [5.41, 5.74) is 6.29. The first-order valence-corrected chi connectivity index (χ1v) is 14.7. The van der Waals surface area contributed by atoms with Crippen molar-refractivity contribution < 1.29 is 9.84 Å². The Bertz CT molecular complexity index is 1300. The van der Waals surface area contributed by atoms with E-state index >= 15 is 0 Å². The molecule has 6 rings (SSSR count). The van der Waals surface area contributed by atoms with Gasteiger partial charge in [0.05, 0.1) is 24.0 Å². The first kappa shape index (κ1) is 29.7. The second kappa shape index (κ2) is 14.4. The highest BCUT2D eigenvalue weighted by Crippen LogP contribution is 2.43. The second-order valence-electron chi connectivity index (χ2n) is 10.5. The molecule has 214 valence electrons. The van der Waals surface area contributed by atoms with Crippen LogP contribution in [-0.4, -0.2) is 25.4 Å². The largest absolute Gasteiger partial charge is 0.400 e. The van der Waals surface area contributed by atoms with Gasteiger partial charge in [-0.05, 0) is 33.4 Å². The lowest BCUT2D eigenvalue weighted by Gasteiger charge is -2.39. The molecule has 0 saturated heterocycles. The van der Waals surface area contributed by atoms with Gasteiger partial charge in [0, 0.05) is 7.11 Å². The van der Waals surface area contributed by atoms with E-state index in [1.54, 1.807) is 0 Å². The number of aliphatic hydroxyl groups is 1. The van der Waals surface area contributed by atoms with E-state index in [4.69, 9.17) is 9.84 Å². The van der Waals surface area contributed by atoms with Crippen LogP contribution < -0.4 is 0 Å². The summed E-state index contributed by atoms with van der Waals surface area (Å²) in [7, 11) is 1.00. The maximum absolute atomic E-state index is 7.09. The van der Waals surface area contributed by atoms with E-state index < -0.39 is 10.8 Å². The molecule has 6 aromatic carbocycles. The van der Waals surface area contributed by atoms with E-state index in [1.807, 2.05) is 0 Å². The van der Waals surface area contributed by atoms with Crippen molar-refractivity contribution in [2.24, 2.45) is 0 Å². The second-order valence-corrected chi connectivity index (χ2v) is 10.5. The van der Waals surface area contributed by atoms with Crippen molar-refractivity contribution in [1.29, 1.82) is 0 Å². The van der Waals surface area contributed by atoms with Crippen molar-refractivity contribution in [3.05, 3.63) is 215 Å². The van der Waals surface area contributed by atoms with Gasteiger partial charge in [0.15, 0.2) is 0 Å². The number of hydrogen-bond donors (Lipinski definition) is 1. The van der Waals surface area contributed by atoms with Crippen LogP contribution >= 0.6 is 0 Å². The molecular formula is C41H38O2. The van der Waals surface area contributed by atoms with Crippen molar-refractivity contribution in [2.45, 2.75) is 10.8 Å². The zero-order valence-corrected chi connectivity index (χ0v) is 24.6. The van der Waals surface area contributed by atoms with Crippen LogP contribution in [-0.2, 0) is 15.6 Å². The lowest BCUT2D eigenvalue weighted by atomic mass is 9.69. The van der Waals surface area contributed by atoms with Crippen LogP contribution in [0.3, 0.4) is 0 Å². The van der Waals surface area contributed by atoms with Gasteiger partial charge >= 0.3 is 0 Å². The number of rotatable bonds is 10. The van der Waals surface area contributed by atoms with Gasteiger partial charge in [0.1, 0.15) is 0 Å². The molecule has 0 amide bonds. The van der Waals surface area contributed by atoms with Gasteiger partial charge in [-0.2, -0.15) is 0 Å². The summed E-state index contributed by atoms with van der Waals surface area (Å²) in [5, 5.41) is 7.00. The molecule has 0 aliphatic rings. The first-order valence-electron chi connectivity index (χ1n) is 14.7.